The molecule has 1 aromatic heterocycles. The van der Waals surface area contributed by atoms with Gasteiger partial charge in [0.05, 0.1) is 17.8 Å². The smallest absolute Gasteiger partial charge is 0.0628 e. The van der Waals surface area contributed by atoms with Crippen LogP contribution in [-0.4, -0.2) is 34.1 Å². The summed E-state index contributed by atoms with van der Waals surface area (Å²) in [6.07, 6.45) is 8.94. The van der Waals surface area contributed by atoms with Crippen LogP contribution < -0.4 is 5.32 Å². The van der Waals surface area contributed by atoms with Crippen LogP contribution in [0.4, 0.5) is 0 Å². The lowest BCUT2D eigenvalue weighted by Crippen LogP contribution is -2.40. The molecule has 0 spiro atoms. The maximum atomic E-state index is 9.97. The standard InChI is InChI=1S/C14H23N3O/c18-14-5-7-15-10-11(14)9-12-6-8-17(16-12)13-3-1-2-4-13/h6,8,11,13-15,18H,1-5,7,9-10H2. The molecular weight excluding hydrogens is 226 g/mol. The van der Waals surface area contributed by atoms with Crippen molar-refractivity contribution in [2.75, 3.05) is 13.1 Å². The zero-order valence-electron chi connectivity index (χ0n) is 10.9. The molecule has 1 saturated carbocycles. The van der Waals surface area contributed by atoms with Crippen LogP contribution in [0.5, 0.6) is 0 Å². The van der Waals surface area contributed by atoms with Crippen molar-refractivity contribution in [1.29, 1.82) is 0 Å². The van der Waals surface area contributed by atoms with Gasteiger partial charge in [0.2, 0.25) is 0 Å². The van der Waals surface area contributed by atoms with Crippen LogP contribution in [0.15, 0.2) is 12.3 Å². The zero-order valence-corrected chi connectivity index (χ0v) is 10.9. The summed E-state index contributed by atoms with van der Waals surface area (Å²) in [6.45, 7) is 1.85. The van der Waals surface area contributed by atoms with Crippen molar-refractivity contribution in [3.8, 4) is 0 Å². The lowest BCUT2D eigenvalue weighted by molar-refractivity contribution is 0.0785. The molecule has 0 radical (unpaired) electrons. The van der Waals surface area contributed by atoms with Crippen molar-refractivity contribution in [3.05, 3.63) is 18.0 Å². The van der Waals surface area contributed by atoms with Crippen LogP contribution in [-0.2, 0) is 6.42 Å². The number of rotatable bonds is 3. The first-order valence-corrected chi connectivity index (χ1v) is 7.26. The van der Waals surface area contributed by atoms with Crippen LogP contribution in [0.25, 0.3) is 0 Å². The van der Waals surface area contributed by atoms with E-state index in [1.807, 2.05) is 0 Å². The SMILES string of the molecule is OC1CCNCC1Cc1ccn(C2CCCC2)n1. The molecule has 2 aliphatic rings. The Morgan fingerprint density at radius 1 is 1.33 bits per heavy atom. The first-order valence-electron chi connectivity index (χ1n) is 7.26. The van der Waals surface area contributed by atoms with E-state index in [0.717, 1.165) is 31.6 Å². The molecule has 1 aliphatic heterocycles. The minimum atomic E-state index is -0.164. The summed E-state index contributed by atoms with van der Waals surface area (Å²) in [6, 6.07) is 2.74. The highest BCUT2D eigenvalue weighted by Crippen LogP contribution is 2.29. The fourth-order valence-corrected chi connectivity index (χ4v) is 3.24. The maximum absolute atomic E-state index is 9.97. The highest BCUT2D eigenvalue weighted by atomic mass is 16.3. The molecule has 1 aliphatic carbocycles. The molecule has 4 heteroatoms. The number of hydrogen-bond donors (Lipinski definition) is 2. The van der Waals surface area contributed by atoms with E-state index < -0.39 is 0 Å². The van der Waals surface area contributed by atoms with Gasteiger partial charge in [0, 0.05) is 18.7 Å². The summed E-state index contributed by atoms with van der Waals surface area (Å²) in [7, 11) is 0. The highest BCUT2D eigenvalue weighted by Gasteiger charge is 2.24. The van der Waals surface area contributed by atoms with Gasteiger partial charge < -0.3 is 10.4 Å². The van der Waals surface area contributed by atoms with Gasteiger partial charge in [-0.05, 0) is 38.3 Å². The average Bonchev–Trinajstić information content (AvgIpc) is 3.02. The van der Waals surface area contributed by atoms with Crippen molar-refractivity contribution < 1.29 is 5.11 Å². The lowest BCUT2D eigenvalue weighted by atomic mass is 9.92. The van der Waals surface area contributed by atoms with E-state index in [4.69, 9.17) is 5.10 Å². The summed E-state index contributed by atoms with van der Waals surface area (Å²) < 4.78 is 2.14. The van der Waals surface area contributed by atoms with Crippen molar-refractivity contribution in [3.63, 3.8) is 0 Å². The Morgan fingerprint density at radius 2 is 2.17 bits per heavy atom. The molecule has 0 aromatic carbocycles. The Kier molecular flexibility index (Phi) is 3.66. The molecule has 18 heavy (non-hydrogen) atoms. The van der Waals surface area contributed by atoms with Gasteiger partial charge in [-0.25, -0.2) is 0 Å². The largest absolute Gasteiger partial charge is 0.393 e. The highest BCUT2D eigenvalue weighted by molar-refractivity contribution is 5.03. The third-order valence-corrected chi connectivity index (χ3v) is 4.40. The molecule has 3 rings (SSSR count). The normalized spacial score (nSPS) is 29.8. The second kappa shape index (κ2) is 5.41. The van der Waals surface area contributed by atoms with E-state index >= 15 is 0 Å². The van der Waals surface area contributed by atoms with Crippen LogP contribution in [0, 0.1) is 5.92 Å². The van der Waals surface area contributed by atoms with Gasteiger partial charge in [0.1, 0.15) is 0 Å². The topological polar surface area (TPSA) is 50.1 Å². The Balaban J connectivity index is 1.62. The summed E-state index contributed by atoms with van der Waals surface area (Å²) in [4.78, 5) is 0. The third-order valence-electron chi connectivity index (χ3n) is 4.40. The van der Waals surface area contributed by atoms with Crippen molar-refractivity contribution >= 4 is 0 Å². The van der Waals surface area contributed by atoms with Crippen LogP contribution >= 0.6 is 0 Å². The number of nitrogens with zero attached hydrogens (tertiary/aromatic N) is 2. The minimum Gasteiger partial charge on any atom is -0.393 e. The van der Waals surface area contributed by atoms with E-state index in [1.165, 1.54) is 25.7 Å². The van der Waals surface area contributed by atoms with Gasteiger partial charge in [-0.2, -0.15) is 5.10 Å². The Labute approximate surface area is 108 Å². The molecule has 4 nitrogen and oxygen atoms in total. The first kappa shape index (κ1) is 12.2. The van der Waals surface area contributed by atoms with E-state index in [0.29, 0.717) is 12.0 Å². The minimum absolute atomic E-state index is 0.164. The first-order chi connectivity index (χ1) is 8.83. The van der Waals surface area contributed by atoms with Gasteiger partial charge in [-0.3, -0.25) is 4.68 Å². The number of aromatic nitrogens is 2. The summed E-state index contributed by atoms with van der Waals surface area (Å²) in [5.74, 6) is 0.325. The summed E-state index contributed by atoms with van der Waals surface area (Å²) in [5.41, 5.74) is 1.13. The Hall–Kier alpha value is -0.870. The summed E-state index contributed by atoms with van der Waals surface area (Å²) >= 11 is 0. The second-order valence-corrected chi connectivity index (χ2v) is 5.75. The molecule has 2 N–H and O–H groups in total. The Morgan fingerprint density at radius 3 is 2.94 bits per heavy atom. The molecule has 2 unspecified atom stereocenters. The zero-order chi connectivity index (χ0) is 12.4. The number of hydrogen-bond acceptors (Lipinski definition) is 3. The molecule has 100 valence electrons. The molecule has 2 atom stereocenters. The van der Waals surface area contributed by atoms with E-state index in [2.05, 4.69) is 22.3 Å². The molecule has 0 amide bonds. The van der Waals surface area contributed by atoms with Crippen LogP contribution in [0.1, 0.15) is 43.8 Å². The molecule has 1 aromatic rings. The molecular formula is C14H23N3O. The Bertz CT molecular complexity index is 384. The van der Waals surface area contributed by atoms with E-state index in [9.17, 15) is 5.11 Å². The van der Waals surface area contributed by atoms with Gasteiger partial charge in [-0.15, -0.1) is 0 Å². The number of aliphatic hydroxyl groups is 1. The molecule has 0 bridgehead atoms. The van der Waals surface area contributed by atoms with Gasteiger partial charge in [0.25, 0.3) is 0 Å². The van der Waals surface area contributed by atoms with Gasteiger partial charge >= 0.3 is 0 Å². The molecule has 2 fully saturated rings. The van der Waals surface area contributed by atoms with E-state index in [1.54, 1.807) is 0 Å². The summed E-state index contributed by atoms with van der Waals surface area (Å²) in [5, 5.41) is 18.0. The number of nitrogens with one attached hydrogen (secondary N) is 1. The monoisotopic (exact) mass is 249 g/mol. The molecule has 2 heterocycles. The molecule has 1 saturated heterocycles. The number of piperidine rings is 1. The fourth-order valence-electron chi connectivity index (χ4n) is 3.24. The lowest BCUT2D eigenvalue weighted by Gasteiger charge is -2.27. The predicted octanol–water partition coefficient (Wildman–Crippen LogP) is 1.51. The van der Waals surface area contributed by atoms with Crippen molar-refractivity contribution in [2.45, 2.75) is 50.7 Å². The van der Waals surface area contributed by atoms with Gasteiger partial charge in [-0.1, -0.05) is 12.8 Å². The fraction of sp³-hybridized carbons (Fsp3) is 0.786. The third kappa shape index (κ3) is 2.59. The van der Waals surface area contributed by atoms with Crippen molar-refractivity contribution in [2.24, 2.45) is 5.92 Å². The predicted molar refractivity (Wildman–Crippen MR) is 70.4 cm³/mol. The van der Waals surface area contributed by atoms with Crippen LogP contribution in [0.3, 0.4) is 0 Å². The average molecular weight is 249 g/mol. The quantitative estimate of drug-likeness (QED) is 0.854. The van der Waals surface area contributed by atoms with Gasteiger partial charge in [0.15, 0.2) is 0 Å². The van der Waals surface area contributed by atoms with Crippen molar-refractivity contribution in [1.82, 2.24) is 15.1 Å². The van der Waals surface area contributed by atoms with E-state index in [-0.39, 0.29) is 6.10 Å². The number of aliphatic hydroxyl groups excluding tert-OH is 1. The second-order valence-electron chi connectivity index (χ2n) is 5.75. The van der Waals surface area contributed by atoms with Crippen LogP contribution in [0.2, 0.25) is 0 Å². The maximum Gasteiger partial charge on any atom is 0.0628 e.